The standard InChI is InChI=1S/C21H28N2O4/c1-2-6-19(24)22-13-10-17(11-14-22)21(26)27-15-20(25)23-12-5-8-16-7-3-4-9-18(16)23/h3-4,7,9,17H,2,5-6,8,10-15H2,1H3. The Bertz CT molecular complexity index is 695. The summed E-state index contributed by atoms with van der Waals surface area (Å²) in [5, 5.41) is 0. The molecule has 6 heteroatoms. The van der Waals surface area contributed by atoms with Crippen molar-refractivity contribution in [2.24, 2.45) is 5.92 Å². The van der Waals surface area contributed by atoms with Crippen LogP contribution >= 0.6 is 0 Å². The summed E-state index contributed by atoms with van der Waals surface area (Å²) >= 11 is 0. The number of aryl methyl sites for hydroxylation is 1. The largest absolute Gasteiger partial charge is 0.455 e. The van der Waals surface area contributed by atoms with E-state index < -0.39 is 0 Å². The number of carbonyl (C=O) groups excluding carboxylic acids is 3. The number of esters is 1. The van der Waals surface area contributed by atoms with Gasteiger partial charge in [0, 0.05) is 31.7 Å². The Hall–Kier alpha value is -2.37. The lowest BCUT2D eigenvalue weighted by molar-refractivity contribution is -0.154. The Labute approximate surface area is 160 Å². The third kappa shape index (κ3) is 4.67. The van der Waals surface area contributed by atoms with Gasteiger partial charge in [-0.3, -0.25) is 14.4 Å². The van der Waals surface area contributed by atoms with Crippen LogP contribution in [0.3, 0.4) is 0 Å². The van der Waals surface area contributed by atoms with Gasteiger partial charge < -0.3 is 14.5 Å². The van der Waals surface area contributed by atoms with E-state index in [0.717, 1.165) is 30.5 Å². The number of ether oxygens (including phenoxy) is 1. The van der Waals surface area contributed by atoms with E-state index in [1.54, 1.807) is 4.90 Å². The lowest BCUT2D eigenvalue weighted by atomic mass is 9.97. The molecule has 0 radical (unpaired) electrons. The lowest BCUT2D eigenvalue weighted by Crippen LogP contribution is -2.42. The third-order valence-electron chi connectivity index (χ3n) is 5.39. The number of hydrogen-bond acceptors (Lipinski definition) is 4. The van der Waals surface area contributed by atoms with Crippen molar-refractivity contribution in [1.29, 1.82) is 0 Å². The van der Waals surface area contributed by atoms with Gasteiger partial charge in [-0.1, -0.05) is 25.1 Å². The number of piperidine rings is 1. The Balaban J connectivity index is 1.47. The molecule has 1 saturated heterocycles. The van der Waals surface area contributed by atoms with Crippen LogP contribution in [0.25, 0.3) is 0 Å². The predicted octanol–water partition coefficient (Wildman–Crippen LogP) is 2.55. The number of para-hydroxylation sites is 1. The van der Waals surface area contributed by atoms with Crippen LogP contribution in [0.4, 0.5) is 5.69 Å². The predicted molar refractivity (Wildman–Crippen MR) is 102 cm³/mol. The van der Waals surface area contributed by atoms with Gasteiger partial charge in [0.1, 0.15) is 0 Å². The summed E-state index contributed by atoms with van der Waals surface area (Å²) in [7, 11) is 0. The van der Waals surface area contributed by atoms with Crippen LogP contribution in [0.15, 0.2) is 24.3 Å². The second-order valence-corrected chi connectivity index (χ2v) is 7.29. The molecule has 6 nitrogen and oxygen atoms in total. The van der Waals surface area contributed by atoms with Crippen LogP contribution < -0.4 is 4.90 Å². The fourth-order valence-electron chi connectivity index (χ4n) is 3.86. The summed E-state index contributed by atoms with van der Waals surface area (Å²) < 4.78 is 5.32. The van der Waals surface area contributed by atoms with Crippen LogP contribution in [0.1, 0.15) is 44.6 Å². The van der Waals surface area contributed by atoms with Crippen molar-refractivity contribution in [1.82, 2.24) is 4.90 Å². The molecular formula is C21H28N2O4. The average Bonchev–Trinajstić information content (AvgIpc) is 2.71. The van der Waals surface area contributed by atoms with Gasteiger partial charge in [0.2, 0.25) is 5.91 Å². The van der Waals surface area contributed by atoms with Gasteiger partial charge in [-0.15, -0.1) is 0 Å². The van der Waals surface area contributed by atoms with Gasteiger partial charge in [0.05, 0.1) is 5.92 Å². The average molecular weight is 372 g/mol. The molecule has 2 aliphatic heterocycles. The van der Waals surface area contributed by atoms with Crippen molar-refractivity contribution < 1.29 is 19.1 Å². The van der Waals surface area contributed by atoms with E-state index in [4.69, 9.17) is 4.74 Å². The first kappa shape index (κ1) is 19.4. The number of fused-ring (bicyclic) bond motifs is 1. The molecular weight excluding hydrogens is 344 g/mol. The molecule has 2 amide bonds. The number of anilines is 1. The quantitative estimate of drug-likeness (QED) is 0.745. The Morgan fingerprint density at radius 1 is 1.07 bits per heavy atom. The monoisotopic (exact) mass is 372 g/mol. The van der Waals surface area contributed by atoms with E-state index in [0.29, 0.717) is 38.9 Å². The molecule has 2 aliphatic rings. The molecule has 0 unspecified atom stereocenters. The molecule has 0 aromatic heterocycles. The number of carbonyl (C=O) groups is 3. The second-order valence-electron chi connectivity index (χ2n) is 7.29. The highest BCUT2D eigenvalue weighted by molar-refractivity contribution is 5.96. The van der Waals surface area contributed by atoms with Gasteiger partial charge in [0.25, 0.3) is 5.91 Å². The van der Waals surface area contributed by atoms with Gasteiger partial charge in [-0.25, -0.2) is 0 Å². The molecule has 0 atom stereocenters. The first-order chi connectivity index (χ1) is 13.1. The van der Waals surface area contributed by atoms with E-state index in [2.05, 4.69) is 0 Å². The van der Waals surface area contributed by atoms with Crippen molar-refractivity contribution in [2.45, 2.75) is 45.4 Å². The molecule has 0 N–H and O–H groups in total. The number of hydrogen-bond donors (Lipinski definition) is 0. The smallest absolute Gasteiger partial charge is 0.309 e. The highest BCUT2D eigenvalue weighted by Crippen LogP contribution is 2.27. The molecule has 0 bridgehead atoms. The summed E-state index contributed by atoms with van der Waals surface area (Å²) in [6.45, 7) is 3.60. The molecule has 3 rings (SSSR count). The van der Waals surface area contributed by atoms with Crippen LogP contribution in [-0.4, -0.2) is 48.9 Å². The minimum atomic E-state index is -0.323. The van der Waals surface area contributed by atoms with E-state index in [-0.39, 0.29) is 30.3 Å². The normalized spacial score (nSPS) is 17.4. The maximum absolute atomic E-state index is 12.6. The second kappa shape index (κ2) is 9.02. The summed E-state index contributed by atoms with van der Waals surface area (Å²) in [5.74, 6) is -0.567. The molecule has 2 heterocycles. The summed E-state index contributed by atoms with van der Waals surface area (Å²) in [6.07, 6.45) is 4.49. The number of benzene rings is 1. The Morgan fingerprint density at radius 3 is 2.56 bits per heavy atom. The molecule has 27 heavy (non-hydrogen) atoms. The van der Waals surface area contributed by atoms with Crippen molar-refractivity contribution in [3.8, 4) is 0 Å². The summed E-state index contributed by atoms with van der Waals surface area (Å²) in [4.78, 5) is 40.4. The summed E-state index contributed by atoms with van der Waals surface area (Å²) in [5.41, 5.74) is 2.08. The SMILES string of the molecule is CCCC(=O)N1CCC(C(=O)OCC(=O)N2CCCc3ccccc32)CC1. The van der Waals surface area contributed by atoms with Gasteiger partial charge >= 0.3 is 5.97 Å². The van der Waals surface area contributed by atoms with Crippen LogP contribution in [0.5, 0.6) is 0 Å². The van der Waals surface area contributed by atoms with Crippen LogP contribution in [-0.2, 0) is 25.5 Å². The number of likely N-dealkylation sites (tertiary alicyclic amines) is 1. The number of rotatable bonds is 5. The van der Waals surface area contributed by atoms with E-state index in [1.807, 2.05) is 36.1 Å². The fraction of sp³-hybridized carbons (Fsp3) is 0.571. The maximum Gasteiger partial charge on any atom is 0.309 e. The zero-order valence-corrected chi connectivity index (χ0v) is 16.0. The maximum atomic E-state index is 12.6. The molecule has 0 aliphatic carbocycles. The zero-order valence-electron chi connectivity index (χ0n) is 16.0. The molecule has 0 spiro atoms. The van der Waals surface area contributed by atoms with Crippen LogP contribution in [0.2, 0.25) is 0 Å². The molecule has 146 valence electrons. The first-order valence-electron chi connectivity index (χ1n) is 9.92. The third-order valence-corrected chi connectivity index (χ3v) is 5.39. The summed E-state index contributed by atoms with van der Waals surface area (Å²) in [6, 6.07) is 7.88. The van der Waals surface area contributed by atoms with Crippen molar-refractivity contribution in [3.63, 3.8) is 0 Å². The molecule has 1 aromatic rings. The molecule has 1 aromatic carbocycles. The topological polar surface area (TPSA) is 66.9 Å². The van der Waals surface area contributed by atoms with E-state index in [9.17, 15) is 14.4 Å². The Kier molecular flexibility index (Phi) is 6.48. The molecule has 0 saturated carbocycles. The van der Waals surface area contributed by atoms with E-state index >= 15 is 0 Å². The molecule has 1 fully saturated rings. The van der Waals surface area contributed by atoms with E-state index in [1.165, 1.54) is 0 Å². The number of amides is 2. The van der Waals surface area contributed by atoms with Gasteiger partial charge in [-0.2, -0.15) is 0 Å². The zero-order chi connectivity index (χ0) is 19.2. The fourth-order valence-corrected chi connectivity index (χ4v) is 3.86. The highest BCUT2D eigenvalue weighted by Gasteiger charge is 2.29. The minimum Gasteiger partial charge on any atom is -0.455 e. The highest BCUT2D eigenvalue weighted by atomic mass is 16.5. The van der Waals surface area contributed by atoms with Gasteiger partial charge in [0.15, 0.2) is 6.61 Å². The van der Waals surface area contributed by atoms with Crippen molar-refractivity contribution in [3.05, 3.63) is 29.8 Å². The van der Waals surface area contributed by atoms with Crippen LogP contribution in [0, 0.1) is 5.92 Å². The first-order valence-corrected chi connectivity index (χ1v) is 9.92. The van der Waals surface area contributed by atoms with Crippen molar-refractivity contribution >= 4 is 23.5 Å². The van der Waals surface area contributed by atoms with Gasteiger partial charge in [-0.05, 0) is 43.7 Å². The number of nitrogens with zero attached hydrogens (tertiary/aromatic N) is 2. The minimum absolute atomic E-state index is 0.156. The lowest BCUT2D eigenvalue weighted by Gasteiger charge is -2.31. The Morgan fingerprint density at radius 2 is 1.81 bits per heavy atom. The van der Waals surface area contributed by atoms with Crippen molar-refractivity contribution in [2.75, 3.05) is 31.1 Å².